The lowest BCUT2D eigenvalue weighted by Gasteiger charge is -2.42. The minimum atomic E-state index is -0.797. The van der Waals surface area contributed by atoms with Crippen LogP contribution in [0.25, 0.3) is 0 Å². The molecule has 2 aromatic rings. The van der Waals surface area contributed by atoms with Crippen LogP contribution in [0, 0.1) is 11.7 Å². The maximum Gasteiger partial charge on any atom is 0.319 e. The molecule has 1 aliphatic heterocycles. The number of carbonyl (C=O) groups excluding carboxylic acids is 3. The molecule has 2 unspecified atom stereocenters. The average Bonchev–Trinajstić information content (AvgIpc) is 2.88. The van der Waals surface area contributed by atoms with Gasteiger partial charge in [0.1, 0.15) is 11.9 Å². The molecule has 0 bridgehead atoms. The predicted octanol–water partition coefficient (Wildman–Crippen LogP) is 4.20. The second-order valence-electron chi connectivity index (χ2n) is 9.85. The van der Waals surface area contributed by atoms with E-state index in [1.165, 1.54) is 24.6 Å². The first kappa shape index (κ1) is 25.7. The second kappa shape index (κ2) is 12.0. The molecule has 0 radical (unpaired) electrons. The SMILES string of the molecule is CC1CN(C(=O)C(Cc2ccccc2)NC(=O)Nc2cccc(F)c2)CCN1C(=O)C1CCCCC1. The van der Waals surface area contributed by atoms with Gasteiger partial charge in [-0.3, -0.25) is 9.59 Å². The van der Waals surface area contributed by atoms with Crippen molar-refractivity contribution in [3.8, 4) is 0 Å². The molecule has 1 heterocycles. The zero-order chi connectivity index (χ0) is 25.5. The topological polar surface area (TPSA) is 81.8 Å². The summed E-state index contributed by atoms with van der Waals surface area (Å²) in [6.45, 7) is 3.34. The quantitative estimate of drug-likeness (QED) is 0.632. The van der Waals surface area contributed by atoms with Gasteiger partial charge in [0, 0.05) is 43.7 Å². The Morgan fingerprint density at radius 3 is 2.44 bits per heavy atom. The number of urea groups is 1. The van der Waals surface area contributed by atoms with Gasteiger partial charge < -0.3 is 20.4 Å². The lowest BCUT2D eigenvalue weighted by atomic mass is 9.87. The maximum absolute atomic E-state index is 13.6. The molecule has 4 amide bonds. The first-order chi connectivity index (χ1) is 17.4. The highest BCUT2D eigenvalue weighted by atomic mass is 19.1. The number of nitrogens with one attached hydrogen (secondary N) is 2. The van der Waals surface area contributed by atoms with Crippen LogP contribution < -0.4 is 10.6 Å². The molecule has 2 fully saturated rings. The Balaban J connectivity index is 1.42. The van der Waals surface area contributed by atoms with E-state index < -0.39 is 17.9 Å². The minimum absolute atomic E-state index is 0.0874. The third kappa shape index (κ3) is 6.62. The van der Waals surface area contributed by atoms with E-state index >= 15 is 0 Å². The number of hydrogen-bond donors (Lipinski definition) is 2. The molecule has 2 aliphatic rings. The zero-order valence-corrected chi connectivity index (χ0v) is 20.8. The van der Waals surface area contributed by atoms with Crippen molar-refractivity contribution < 1.29 is 18.8 Å². The number of amides is 4. The Hall–Kier alpha value is -3.42. The Morgan fingerprint density at radius 1 is 1.00 bits per heavy atom. The minimum Gasteiger partial charge on any atom is -0.337 e. The molecule has 1 aliphatic carbocycles. The number of benzene rings is 2. The monoisotopic (exact) mass is 494 g/mol. The highest BCUT2D eigenvalue weighted by molar-refractivity contribution is 5.94. The van der Waals surface area contributed by atoms with Crippen LogP contribution >= 0.6 is 0 Å². The number of halogens is 1. The Kier molecular flexibility index (Phi) is 8.57. The summed E-state index contributed by atoms with van der Waals surface area (Å²) < 4.78 is 13.5. The van der Waals surface area contributed by atoms with Gasteiger partial charge in [-0.15, -0.1) is 0 Å². The predicted molar refractivity (Wildman–Crippen MR) is 137 cm³/mol. The maximum atomic E-state index is 13.6. The average molecular weight is 495 g/mol. The highest BCUT2D eigenvalue weighted by Gasteiger charge is 2.36. The fraction of sp³-hybridized carbons (Fsp3) is 0.464. The summed E-state index contributed by atoms with van der Waals surface area (Å²) >= 11 is 0. The first-order valence-corrected chi connectivity index (χ1v) is 12.9. The van der Waals surface area contributed by atoms with Crippen LogP contribution in [0.4, 0.5) is 14.9 Å². The summed E-state index contributed by atoms with van der Waals surface area (Å²) in [5.41, 5.74) is 1.22. The summed E-state index contributed by atoms with van der Waals surface area (Å²) in [6, 6.07) is 13.7. The number of anilines is 1. The van der Waals surface area contributed by atoms with Gasteiger partial charge in [-0.25, -0.2) is 9.18 Å². The number of piperazine rings is 1. The van der Waals surface area contributed by atoms with Gasteiger partial charge in [0.05, 0.1) is 0 Å². The largest absolute Gasteiger partial charge is 0.337 e. The lowest BCUT2D eigenvalue weighted by molar-refractivity contribution is -0.146. The summed E-state index contributed by atoms with van der Waals surface area (Å²) in [6.07, 6.45) is 5.64. The first-order valence-electron chi connectivity index (χ1n) is 12.9. The van der Waals surface area contributed by atoms with E-state index in [0.717, 1.165) is 31.2 Å². The molecular weight excluding hydrogens is 459 g/mol. The molecule has 36 heavy (non-hydrogen) atoms. The van der Waals surface area contributed by atoms with E-state index in [0.29, 0.717) is 31.7 Å². The van der Waals surface area contributed by atoms with Crippen molar-refractivity contribution in [3.05, 3.63) is 66.0 Å². The van der Waals surface area contributed by atoms with Crippen molar-refractivity contribution in [2.75, 3.05) is 25.0 Å². The molecule has 2 atom stereocenters. The molecule has 7 nitrogen and oxygen atoms in total. The van der Waals surface area contributed by atoms with Crippen molar-refractivity contribution >= 4 is 23.5 Å². The molecule has 4 rings (SSSR count). The summed E-state index contributed by atoms with van der Waals surface area (Å²) in [4.78, 5) is 43.1. The molecule has 2 N–H and O–H groups in total. The van der Waals surface area contributed by atoms with Crippen LogP contribution in [0.2, 0.25) is 0 Å². The van der Waals surface area contributed by atoms with Crippen LogP contribution in [-0.2, 0) is 16.0 Å². The van der Waals surface area contributed by atoms with Crippen LogP contribution in [0.3, 0.4) is 0 Å². The molecule has 0 aromatic heterocycles. The van der Waals surface area contributed by atoms with E-state index in [2.05, 4.69) is 10.6 Å². The number of hydrogen-bond acceptors (Lipinski definition) is 3. The lowest BCUT2D eigenvalue weighted by Crippen LogP contribution is -2.60. The van der Waals surface area contributed by atoms with Crippen molar-refractivity contribution in [1.29, 1.82) is 0 Å². The van der Waals surface area contributed by atoms with Gasteiger partial charge >= 0.3 is 6.03 Å². The number of carbonyl (C=O) groups is 3. The van der Waals surface area contributed by atoms with Crippen molar-refractivity contribution in [1.82, 2.24) is 15.1 Å². The van der Waals surface area contributed by atoms with Crippen LogP contribution in [0.5, 0.6) is 0 Å². The number of rotatable bonds is 6. The molecule has 2 aromatic carbocycles. The summed E-state index contributed by atoms with van der Waals surface area (Å²) in [5.74, 6) is -0.339. The second-order valence-corrected chi connectivity index (χ2v) is 9.85. The fourth-order valence-electron chi connectivity index (χ4n) is 5.23. The van der Waals surface area contributed by atoms with E-state index in [1.54, 1.807) is 11.0 Å². The molecule has 1 saturated carbocycles. The third-order valence-electron chi connectivity index (χ3n) is 7.15. The summed E-state index contributed by atoms with van der Waals surface area (Å²) in [5, 5.41) is 5.40. The third-order valence-corrected chi connectivity index (χ3v) is 7.15. The highest BCUT2D eigenvalue weighted by Crippen LogP contribution is 2.27. The number of nitrogens with zero attached hydrogens (tertiary/aromatic N) is 2. The van der Waals surface area contributed by atoms with Gasteiger partial charge in [0.15, 0.2) is 0 Å². The Morgan fingerprint density at radius 2 is 1.75 bits per heavy atom. The van der Waals surface area contributed by atoms with E-state index in [4.69, 9.17) is 0 Å². The Labute approximate surface area is 212 Å². The van der Waals surface area contributed by atoms with Gasteiger partial charge in [0.2, 0.25) is 11.8 Å². The molecule has 0 spiro atoms. The standard InChI is InChI=1S/C28H35FN4O3/c1-20-19-32(15-16-33(20)26(34)22-11-6-3-7-12-22)27(35)25(17-21-9-4-2-5-10-21)31-28(36)30-24-14-8-13-23(29)18-24/h2,4-5,8-10,13-14,18,20,22,25H,3,6-7,11-12,15-17,19H2,1H3,(H2,30,31,36). The van der Waals surface area contributed by atoms with Crippen molar-refractivity contribution in [2.24, 2.45) is 5.92 Å². The smallest absolute Gasteiger partial charge is 0.319 e. The normalized spacial score (nSPS) is 19.4. The van der Waals surface area contributed by atoms with Crippen molar-refractivity contribution in [2.45, 2.75) is 57.5 Å². The molecule has 1 saturated heterocycles. The van der Waals surface area contributed by atoms with E-state index in [-0.39, 0.29) is 23.8 Å². The molecule has 8 heteroatoms. The van der Waals surface area contributed by atoms with Crippen LogP contribution in [0.15, 0.2) is 54.6 Å². The van der Waals surface area contributed by atoms with Crippen molar-refractivity contribution in [3.63, 3.8) is 0 Å². The summed E-state index contributed by atoms with van der Waals surface area (Å²) in [7, 11) is 0. The van der Waals surface area contributed by atoms with Crippen LogP contribution in [0.1, 0.15) is 44.6 Å². The van der Waals surface area contributed by atoms with E-state index in [1.807, 2.05) is 42.2 Å². The Bertz CT molecular complexity index is 1060. The van der Waals surface area contributed by atoms with Gasteiger partial charge in [-0.1, -0.05) is 55.7 Å². The fourth-order valence-corrected chi connectivity index (χ4v) is 5.23. The van der Waals surface area contributed by atoms with E-state index in [9.17, 15) is 18.8 Å². The van der Waals surface area contributed by atoms with Gasteiger partial charge in [-0.2, -0.15) is 0 Å². The molecule has 192 valence electrons. The zero-order valence-electron chi connectivity index (χ0n) is 20.8. The van der Waals surface area contributed by atoms with Gasteiger partial charge in [0.25, 0.3) is 0 Å². The molecular formula is C28H35FN4O3. The van der Waals surface area contributed by atoms with Crippen LogP contribution in [-0.4, -0.2) is 59.4 Å². The van der Waals surface area contributed by atoms with Gasteiger partial charge in [-0.05, 0) is 43.5 Å².